The molecule has 1 aromatic heterocycles. The molecule has 1 fully saturated rings. The molecule has 1 heterocycles. The first-order valence-corrected chi connectivity index (χ1v) is 8.26. The van der Waals surface area contributed by atoms with Crippen LogP contribution < -0.4 is 4.72 Å². The summed E-state index contributed by atoms with van der Waals surface area (Å²) in [5.74, 6) is 0. The fourth-order valence-corrected chi connectivity index (χ4v) is 4.02. The third-order valence-electron chi connectivity index (χ3n) is 3.78. The minimum absolute atomic E-state index is 0.117. The molecule has 1 aromatic rings. The molecule has 114 valence electrons. The fourth-order valence-electron chi connectivity index (χ4n) is 2.56. The number of nitrogens with one attached hydrogen (secondary N) is 1. The zero-order chi connectivity index (χ0) is 14.9. The molecule has 0 amide bonds. The van der Waals surface area contributed by atoms with Gasteiger partial charge in [-0.1, -0.05) is 0 Å². The fraction of sp³-hybridized carbons (Fsp3) is 0.750. The summed E-state index contributed by atoms with van der Waals surface area (Å²) >= 11 is 0. The highest BCUT2D eigenvalue weighted by Gasteiger charge is 2.34. The van der Waals surface area contributed by atoms with Crippen LogP contribution in [0.15, 0.2) is 11.1 Å². The maximum absolute atomic E-state index is 12.3. The second-order valence-corrected chi connectivity index (χ2v) is 6.81. The van der Waals surface area contributed by atoms with E-state index >= 15 is 0 Å². The van der Waals surface area contributed by atoms with E-state index < -0.39 is 28.3 Å². The van der Waals surface area contributed by atoms with Gasteiger partial charge in [0, 0.05) is 6.54 Å². The van der Waals surface area contributed by atoms with E-state index in [1.807, 2.05) is 6.92 Å². The van der Waals surface area contributed by atoms with Crippen molar-refractivity contribution >= 4 is 10.0 Å². The Morgan fingerprint density at radius 2 is 2.15 bits per heavy atom. The van der Waals surface area contributed by atoms with Crippen molar-refractivity contribution < 1.29 is 18.6 Å². The normalized spacial score (nSPS) is 27.7. The molecule has 8 heteroatoms. The molecule has 0 radical (unpaired) electrons. The first kappa shape index (κ1) is 15.4. The van der Waals surface area contributed by atoms with Crippen molar-refractivity contribution in [1.29, 1.82) is 0 Å². The van der Waals surface area contributed by atoms with Crippen molar-refractivity contribution in [1.82, 2.24) is 14.5 Å². The predicted octanol–water partition coefficient (Wildman–Crippen LogP) is -0.236. The van der Waals surface area contributed by atoms with E-state index in [0.29, 0.717) is 31.5 Å². The Bertz CT molecular complexity index is 569. The molecule has 2 rings (SSSR count). The van der Waals surface area contributed by atoms with Crippen LogP contribution in [0.2, 0.25) is 0 Å². The number of hydrogen-bond donors (Lipinski definition) is 3. The Morgan fingerprint density at radius 3 is 2.75 bits per heavy atom. The second kappa shape index (κ2) is 5.80. The highest BCUT2D eigenvalue weighted by molar-refractivity contribution is 7.89. The van der Waals surface area contributed by atoms with E-state index in [1.165, 1.54) is 6.20 Å². The molecule has 0 aromatic carbocycles. The van der Waals surface area contributed by atoms with Crippen molar-refractivity contribution in [2.24, 2.45) is 0 Å². The van der Waals surface area contributed by atoms with Crippen LogP contribution in [0.25, 0.3) is 0 Å². The minimum Gasteiger partial charge on any atom is -0.390 e. The highest BCUT2D eigenvalue weighted by Crippen LogP contribution is 2.22. The summed E-state index contributed by atoms with van der Waals surface area (Å²) in [5.41, 5.74) is 0.561. The lowest BCUT2D eigenvalue weighted by molar-refractivity contribution is -0.0242. The van der Waals surface area contributed by atoms with Crippen LogP contribution >= 0.6 is 0 Å². The minimum atomic E-state index is -3.74. The lowest BCUT2D eigenvalue weighted by Crippen LogP contribution is -2.50. The summed E-state index contributed by atoms with van der Waals surface area (Å²) in [4.78, 5) is 0.117. The predicted molar refractivity (Wildman–Crippen MR) is 72.6 cm³/mol. The first-order valence-electron chi connectivity index (χ1n) is 6.77. The van der Waals surface area contributed by atoms with Gasteiger partial charge >= 0.3 is 0 Å². The van der Waals surface area contributed by atoms with E-state index in [-0.39, 0.29) is 4.90 Å². The zero-order valence-corrected chi connectivity index (χ0v) is 12.5. The Hall–Kier alpha value is -0.960. The zero-order valence-electron chi connectivity index (χ0n) is 11.7. The summed E-state index contributed by atoms with van der Waals surface area (Å²) in [5, 5.41) is 23.5. The van der Waals surface area contributed by atoms with E-state index in [0.717, 1.165) is 0 Å². The summed E-state index contributed by atoms with van der Waals surface area (Å²) < 4.78 is 28.8. The third kappa shape index (κ3) is 2.88. The average Bonchev–Trinajstić information content (AvgIpc) is 2.76. The topological polar surface area (TPSA) is 104 Å². The summed E-state index contributed by atoms with van der Waals surface area (Å²) in [6.45, 7) is 4.16. The molecule has 0 spiro atoms. The molecular weight excluding hydrogens is 282 g/mol. The van der Waals surface area contributed by atoms with Gasteiger partial charge in [0.15, 0.2) is 0 Å². The van der Waals surface area contributed by atoms with Gasteiger partial charge < -0.3 is 10.2 Å². The highest BCUT2D eigenvalue weighted by atomic mass is 32.2. The van der Waals surface area contributed by atoms with Crippen LogP contribution in [0, 0.1) is 6.92 Å². The lowest BCUT2D eigenvalue weighted by atomic mass is 9.91. The van der Waals surface area contributed by atoms with E-state index in [4.69, 9.17) is 0 Å². The van der Waals surface area contributed by atoms with Gasteiger partial charge in [-0.3, -0.25) is 4.68 Å². The molecule has 0 aliphatic heterocycles. The van der Waals surface area contributed by atoms with Crippen LogP contribution in [0.4, 0.5) is 0 Å². The smallest absolute Gasteiger partial charge is 0.244 e. The molecule has 1 saturated carbocycles. The third-order valence-corrected chi connectivity index (χ3v) is 5.37. The van der Waals surface area contributed by atoms with Gasteiger partial charge in [-0.2, -0.15) is 5.10 Å². The Labute approximate surface area is 118 Å². The van der Waals surface area contributed by atoms with Gasteiger partial charge in [0.1, 0.15) is 4.90 Å². The molecular formula is C12H21N3O4S. The number of aromatic nitrogens is 2. The number of hydrogen-bond acceptors (Lipinski definition) is 5. The monoisotopic (exact) mass is 303 g/mol. The standard InChI is InChI=1S/C12H21N3O4S/c1-3-15-8(2)11(7-13-15)20(18,19)14-9-5-4-6-10(16)12(9)17/h7,9-10,12,14,16-17H,3-6H2,1-2H3/t9-,10-,12-/m1/s1. The second-order valence-electron chi connectivity index (χ2n) is 5.13. The molecule has 1 aliphatic carbocycles. The number of aliphatic hydroxyl groups excluding tert-OH is 2. The Kier molecular flexibility index (Phi) is 4.48. The average molecular weight is 303 g/mol. The van der Waals surface area contributed by atoms with Crippen molar-refractivity contribution in [3.63, 3.8) is 0 Å². The molecule has 0 bridgehead atoms. The molecule has 1 aliphatic rings. The van der Waals surface area contributed by atoms with Gasteiger partial charge in [0.05, 0.1) is 30.1 Å². The summed E-state index contributed by atoms with van der Waals surface area (Å²) in [6.07, 6.45) is 1.05. The number of sulfonamides is 1. The Balaban J connectivity index is 2.20. The van der Waals surface area contributed by atoms with Crippen molar-refractivity contribution in [3.05, 3.63) is 11.9 Å². The quantitative estimate of drug-likeness (QED) is 0.712. The van der Waals surface area contributed by atoms with Crippen LogP contribution in [0.3, 0.4) is 0 Å². The van der Waals surface area contributed by atoms with Gasteiger partial charge in [-0.25, -0.2) is 13.1 Å². The van der Waals surface area contributed by atoms with Crippen molar-refractivity contribution in [2.75, 3.05) is 0 Å². The van der Waals surface area contributed by atoms with Gasteiger partial charge in [0.25, 0.3) is 0 Å². The van der Waals surface area contributed by atoms with Crippen LogP contribution in [0.1, 0.15) is 31.9 Å². The maximum Gasteiger partial charge on any atom is 0.244 e. The van der Waals surface area contributed by atoms with Gasteiger partial charge in [0.2, 0.25) is 10.0 Å². The number of aliphatic hydroxyl groups is 2. The van der Waals surface area contributed by atoms with Gasteiger partial charge in [-0.05, 0) is 33.1 Å². The molecule has 0 saturated heterocycles. The van der Waals surface area contributed by atoms with E-state index in [2.05, 4.69) is 9.82 Å². The van der Waals surface area contributed by atoms with Crippen LogP contribution in [0.5, 0.6) is 0 Å². The number of aryl methyl sites for hydroxylation is 1. The van der Waals surface area contributed by atoms with E-state index in [9.17, 15) is 18.6 Å². The largest absolute Gasteiger partial charge is 0.390 e. The first-order chi connectivity index (χ1) is 9.36. The lowest BCUT2D eigenvalue weighted by Gasteiger charge is -2.31. The van der Waals surface area contributed by atoms with E-state index in [1.54, 1.807) is 11.6 Å². The Morgan fingerprint density at radius 1 is 1.45 bits per heavy atom. The van der Waals surface area contributed by atoms with Gasteiger partial charge in [-0.15, -0.1) is 0 Å². The molecule has 3 N–H and O–H groups in total. The maximum atomic E-state index is 12.3. The summed E-state index contributed by atoms with van der Waals surface area (Å²) in [6, 6.07) is -0.659. The SMILES string of the molecule is CCn1ncc(S(=O)(=O)N[C@@H]2CCC[C@@H](O)[C@@H]2O)c1C. The molecule has 7 nitrogen and oxygen atoms in total. The molecule has 20 heavy (non-hydrogen) atoms. The van der Waals surface area contributed by atoms with Crippen molar-refractivity contribution in [2.45, 2.75) is 62.8 Å². The van der Waals surface area contributed by atoms with Crippen LogP contribution in [-0.2, 0) is 16.6 Å². The molecule has 3 atom stereocenters. The molecule has 0 unspecified atom stereocenters. The number of rotatable bonds is 4. The number of nitrogens with zero attached hydrogens (tertiary/aromatic N) is 2. The summed E-state index contributed by atoms with van der Waals surface area (Å²) in [7, 11) is -3.74. The van der Waals surface area contributed by atoms with Crippen LogP contribution in [-0.4, -0.2) is 46.7 Å². The van der Waals surface area contributed by atoms with Crippen molar-refractivity contribution in [3.8, 4) is 0 Å².